The van der Waals surface area contributed by atoms with Gasteiger partial charge in [-0.15, -0.1) is 0 Å². The third-order valence-electron chi connectivity index (χ3n) is 2.25. The summed E-state index contributed by atoms with van der Waals surface area (Å²) in [5, 5.41) is 1.87. The van der Waals surface area contributed by atoms with Crippen LogP contribution >= 0.6 is 0 Å². The maximum absolute atomic E-state index is 5.21. The number of anilines is 1. The Morgan fingerprint density at radius 3 is 2.38 bits per heavy atom. The van der Waals surface area contributed by atoms with Gasteiger partial charge in [0, 0.05) is 20.3 Å². The number of nitrogens with one attached hydrogen (secondary N) is 1. The zero-order valence-corrected chi connectivity index (χ0v) is 11.0. The van der Waals surface area contributed by atoms with Crippen molar-refractivity contribution in [2.45, 2.75) is 26.2 Å². The van der Waals surface area contributed by atoms with E-state index in [-0.39, 0.29) is 5.41 Å². The average molecular weight is 223 g/mol. The van der Waals surface area contributed by atoms with Crippen molar-refractivity contribution in [3.8, 4) is 5.88 Å². The Bertz CT molecular complexity index is 356. The van der Waals surface area contributed by atoms with Crippen LogP contribution in [0.1, 0.15) is 26.3 Å². The minimum absolute atomic E-state index is 0.0853. The van der Waals surface area contributed by atoms with E-state index in [9.17, 15) is 0 Å². The standard InChI is InChI=1S/C12H21N3O/c1-12(2,3)9-7-10(14-15(4)5)11(16-6)13-8-9/h7-8,14H,1-6H3. The first-order valence-electron chi connectivity index (χ1n) is 5.33. The summed E-state index contributed by atoms with van der Waals surface area (Å²) in [6.07, 6.45) is 1.86. The number of nitrogens with zero attached hydrogens (tertiary/aromatic N) is 2. The second-order valence-electron chi connectivity index (χ2n) is 5.04. The fourth-order valence-corrected chi connectivity index (χ4v) is 1.35. The quantitative estimate of drug-likeness (QED) is 0.798. The SMILES string of the molecule is COc1ncc(C(C)(C)C)cc1NN(C)C. The molecular formula is C12H21N3O. The van der Waals surface area contributed by atoms with Crippen LogP contribution in [0.5, 0.6) is 5.88 Å². The summed E-state index contributed by atoms with van der Waals surface area (Å²) < 4.78 is 5.21. The van der Waals surface area contributed by atoms with Gasteiger partial charge in [0.25, 0.3) is 0 Å². The first-order valence-corrected chi connectivity index (χ1v) is 5.33. The van der Waals surface area contributed by atoms with Gasteiger partial charge in [-0.3, -0.25) is 0 Å². The van der Waals surface area contributed by atoms with Gasteiger partial charge in [-0.1, -0.05) is 20.8 Å². The lowest BCUT2D eigenvalue weighted by Gasteiger charge is -2.22. The summed E-state index contributed by atoms with van der Waals surface area (Å²) >= 11 is 0. The van der Waals surface area contributed by atoms with Crippen LogP contribution in [0.2, 0.25) is 0 Å². The predicted octanol–water partition coefficient (Wildman–Crippen LogP) is 2.28. The number of ether oxygens (including phenoxy) is 1. The molecule has 1 aromatic rings. The van der Waals surface area contributed by atoms with Crippen LogP contribution in [0.3, 0.4) is 0 Å². The van der Waals surface area contributed by atoms with E-state index in [1.165, 1.54) is 5.56 Å². The van der Waals surface area contributed by atoms with Crippen molar-refractivity contribution in [2.24, 2.45) is 0 Å². The Morgan fingerprint density at radius 2 is 1.94 bits per heavy atom. The number of pyridine rings is 1. The average Bonchev–Trinajstić information content (AvgIpc) is 2.15. The molecule has 1 heterocycles. The lowest BCUT2D eigenvalue weighted by Crippen LogP contribution is -2.21. The second-order valence-corrected chi connectivity index (χ2v) is 5.04. The summed E-state index contributed by atoms with van der Waals surface area (Å²) in [6, 6.07) is 2.08. The van der Waals surface area contributed by atoms with E-state index < -0.39 is 0 Å². The molecule has 4 heteroatoms. The van der Waals surface area contributed by atoms with Gasteiger partial charge in [-0.2, -0.15) is 0 Å². The highest BCUT2D eigenvalue weighted by Gasteiger charge is 2.16. The summed E-state index contributed by atoms with van der Waals surface area (Å²) in [5.41, 5.74) is 5.34. The molecule has 0 aromatic carbocycles. The number of hydrogen-bond acceptors (Lipinski definition) is 4. The Labute approximate surface area is 97.6 Å². The molecule has 1 N–H and O–H groups in total. The van der Waals surface area contributed by atoms with E-state index in [2.05, 4.69) is 37.2 Å². The van der Waals surface area contributed by atoms with Gasteiger partial charge in [-0.25, -0.2) is 9.99 Å². The van der Waals surface area contributed by atoms with Crippen LogP contribution < -0.4 is 10.2 Å². The Hall–Kier alpha value is -1.29. The van der Waals surface area contributed by atoms with Crippen molar-refractivity contribution in [2.75, 3.05) is 26.6 Å². The normalized spacial score (nSPS) is 11.7. The lowest BCUT2D eigenvalue weighted by atomic mass is 9.88. The molecule has 16 heavy (non-hydrogen) atoms. The molecule has 0 fully saturated rings. The molecule has 0 saturated carbocycles. The maximum atomic E-state index is 5.21. The Morgan fingerprint density at radius 1 is 1.31 bits per heavy atom. The molecule has 0 aliphatic heterocycles. The van der Waals surface area contributed by atoms with Crippen molar-refractivity contribution in [3.63, 3.8) is 0 Å². The van der Waals surface area contributed by atoms with Crippen LogP contribution in [0, 0.1) is 0 Å². The van der Waals surface area contributed by atoms with Crippen LogP contribution in [0.15, 0.2) is 12.3 Å². The van der Waals surface area contributed by atoms with Gasteiger partial charge >= 0.3 is 0 Å². The van der Waals surface area contributed by atoms with Crippen LogP contribution in [-0.2, 0) is 5.41 Å². The maximum Gasteiger partial charge on any atom is 0.238 e. The topological polar surface area (TPSA) is 37.4 Å². The third-order valence-corrected chi connectivity index (χ3v) is 2.25. The molecule has 0 atom stereocenters. The first kappa shape index (κ1) is 12.8. The van der Waals surface area contributed by atoms with Crippen molar-refractivity contribution < 1.29 is 4.74 Å². The van der Waals surface area contributed by atoms with Crippen molar-refractivity contribution >= 4 is 5.69 Å². The van der Waals surface area contributed by atoms with E-state index in [1.54, 1.807) is 7.11 Å². The monoisotopic (exact) mass is 223 g/mol. The summed E-state index contributed by atoms with van der Waals surface area (Å²) in [5.74, 6) is 0.613. The van der Waals surface area contributed by atoms with Crippen molar-refractivity contribution in [1.29, 1.82) is 0 Å². The van der Waals surface area contributed by atoms with Crippen molar-refractivity contribution in [3.05, 3.63) is 17.8 Å². The highest BCUT2D eigenvalue weighted by atomic mass is 16.5. The Kier molecular flexibility index (Phi) is 3.75. The highest BCUT2D eigenvalue weighted by molar-refractivity contribution is 5.54. The molecule has 1 aromatic heterocycles. The minimum Gasteiger partial charge on any atom is -0.479 e. The molecule has 0 radical (unpaired) electrons. The molecule has 1 rings (SSSR count). The lowest BCUT2D eigenvalue weighted by molar-refractivity contribution is 0.393. The fraction of sp³-hybridized carbons (Fsp3) is 0.583. The minimum atomic E-state index is 0.0853. The number of methoxy groups -OCH3 is 1. The number of aromatic nitrogens is 1. The van der Waals surface area contributed by atoms with Crippen LogP contribution in [0.25, 0.3) is 0 Å². The summed E-state index contributed by atoms with van der Waals surface area (Å²) in [6.45, 7) is 6.49. The van der Waals surface area contributed by atoms with E-state index in [4.69, 9.17) is 4.74 Å². The van der Waals surface area contributed by atoms with Crippen LogP contribution in [0.4, 0.5) is 5.69 Å². The molecule has 0 aliphatic rings. The molecule has 0 amide bonds. The molecule has 0 aliphatic carbocycles. The van der Waals surface area contributed by atoms with E-state index in [0.717, 1.165) is 5.69 Å². The van der Waals surface area contributed by atoms with E-state index in [0.29, 0.717) is 5.88 Å². The van der Waals surface area contributed by atoms with Gasteiger partial charge < -0.3 is 10.2 Å². The largest absolute Gasteiger partial charge is 0.479 e. The molecule has 0 saturated heterocycles. The molecule has 4 nitrogen and oxygen atoms in total. The number of hydrazine groups is 1. The molecule has 0 spiro atoms. The van der Waals surface area contributed by atoms with Crippen LogP contribution in [-0.4, -0.2) is 31.2 Å². The van der Waals surface area contributed by atoms with Gasteiger partial charge in [0.1, 0.15) is 5.69 Å². The summed E-state index contributed by atoms with van der Waals surface area (Å²) in [7, 11) is 5.49. The van der Waals surface area contributed by atoms with Gasteiger partial charge in [0.2, 0.25) is 5.88 Å². The zero-order valence-electron chi connectivity index (χ0n) is 11.0. The number of rotatable bonds is 3. The molecular weight excluding hydrogens is 202 g/mol. The molecule has 0 bridgehead atoms. The molecule has 0 unspecified atom stereocenters. The van der Waals surface area contributed by atoms with E-state index in [1.807, 2.05) is 25.3 Å². The first-order chi connectivity index (χ1) is 7.34. The molecule has 90 valence electrons. The fourth-order valence-electron chi connectivity index (χ4n) is 1.35. The van der Waals surface area contributed by atoms with Gasteiger partial charge in [0.15, 0.2) is 0 Å². The smallest absolute Gasteiger partial charge is 0.238 e. The second kappa shape index (κ2) is 4.70. The van der Waals surface area contributed by atoms with Gasteiger partial charge in [0.05, 0.1) is 7.11 Å². The van der Waals surface area contributed by atoms with E-state index >= 15 is 0 Å². The zero-order chi connectivity index (χ0) is 12.3. The number of hydrogen-bond donors (Lipinski definition) is 1. The predicted molar refractivity (Wildman–Crippen MR) is 66.8 cm³/mol. The Balaban J connectivity index is 3.11. The summed E-state index contributed by atoms with van der Waals surface area (Å²) in [4.78, 5) is 4.31. The van der Waals surface area contributed by atoms with Crippen molar-refractivity contribution in [1.82, 2.24) is 9.99 Å². The third kappa shape index (κ3) is 3.10. The highest BCUT2D eigenvalue weighted by Crippen LogP contribution is 2.29. The van der Waals surface area contributed by atoms with Gasteiger partial charge in [-0.05, 0) is 17.0 Å².